The van der Waals surface area contributed by atoms with Gasteiger partial charge in [-0.25, -0.2) is 4.79 Å². The number of hydrogen-bond donors (Lipinski definition) is 2. The molecule has 1 aliphatic rings. The van der Waals surface area contributed by atoms with Crippen LogP contribution in [0.25, 0.3) is 0 Å². The molecule has 1 aromatic rings. The lowest BCUT2D eigenvalue weighted by Gasteiger charge is -2.34. The Bertz CT molecular complexity index is 535. The zero-order valence-electron chi connectivity index (χ0n) is 15.5. The first-order chi connectivity index (χ1) is 12.1. The van der Waals surface area contributed by atoms with Crippen molar-refractivity contribution in [2.45, 2.75) is 52.0 Å². The van der Waals surface area contributed by atoms with Crippen LogP contribution in [-0.4, -0.2) is 42.5 Å². The van der Waals surface area contributed by atoms with E-state index in [9.17, 15) is 9.59 Å². The van der Waals surface area contributed by atoms with Gasteiger partial charge in [0.15, 0.2) is 0 Å². The summed E-state index contributed by atoms with van der Waals surface area (Å²) < 4.78 is 0. The summed E-state index contributed by atoms with van der Waals surface area (Å²) >= 11 is 0. The van der Waals surface area contributed by atoms with E-state index in [1.54, 1.807) is 0 Å². The van der Waals surface area contributed by atoms with E-state index in [1.807, 2.05) is 23.1 Å². The van der Waals surface area contributed by atoms with E-state index in [-0.39, 0.29) is 23.9 Å². The number of rotatable bonds is 7. The number of benzene rings is 1. The molecule has 0 bridgehead atoms. The molecule has 0 aromatic heterocycles. The van der Waals surface area contributed by atoms with Gasteiger partial charge in [-0.05, 0) is 37.7 Å². The van der Waals surface area contributed by atoms with Gasteiger partial charge in [-0.2, -0.15) is 0 Å². The van der Waals surface area contributed by atoms with Gasteiger partial charge in [0.1, 0.15) is 0 Å². The smallest absolute Gasteiger partial charge is 0.315 e. The zero-order valence-corrected chi connectivity index (χ0v) is 15.5. The van der Waals surface area contributed by atoms with Crippen LogP contribution in [0.3, 0.4) is 0 Å². The van der Waals surface area contributed by atoms with Crippen molar-refractivity contribution < 1.29 is 9.59 Å². The topological polar surface area (TPSA) is 61.4 Å². The van der Waals surface area contributed by atoms with E-state index in [0.717, 1.165) is 45.2 Å². The third kappa shape index (κ3) is 6.07. The lowest BCUT2D eigenvalue weighted by molar-refractivity contribution is -0.136. The van der Waals surface area contributed by atoms with Gasteiger partial charge in [0.2, 0.25) is 5.91 Å². The van der Waals surface area contributed by atoms with Crippen LogP contribution in [0.5, 0.6) is 0 Å². The largest absolute Gasteiger partial charge is 0.342 e. The Labute approximate surface area is 151 Å². The number of urea groups is 1. The molecule has 0 spiro atoms. The van der Waals surface area contributed by atoms with E-state index < -0.39 is 0 Å². The Morgan fingerprint density at radius 1 is 1.12 bits per heavy atom. The quantitative estimate of drug-likeness (QED) is 0.798. The summed E-state index contributed by atoms with van der Waals surface area (Å²) in [5, 5.41) is 5.95. The molecule has 5 nitrogen and oxygen atoms in total. The minimum absolute atomic E-state index is 0.110. The average Bonchev–Trinajstić information content (AvgIpc) is 2.64. The Hall–Kier alpha value is -2.04. The molecule has 1 heterocycles. The first kappa shape index (κ1) is 19.3. The van der Waals surface area contributed by atoms with Crippen LogP contribution in [0.4, 0.5) is 4.79 Å². The number of amides is 3. The Kier molecular flexibility index (Phi) is 7.76. The van der Waals surface area contributed by atoms with Gasteiger partial charge >= 0.3 is 6.03 Å². The Morgan fingerprint density at radius 3 is 2.36 bits per heavy atom. The van der Waals surface area contributed by atoms with E-state index in [2.05, 4.69) is 36.6 Å². The Morgan fingerprint density at radius 2 is 1.76 bits per heavy atom. The highest BCUT2D eigenvalue weighted by atomic mass is 16.2. The maximum Gasteiger partial charge on any atom is 0.315 e. The third-order valence-corrected chi connectivity index (χ3v) is 5.02. The van der Waals surface area contributed by atoms with Gasteiger partial charge in [-0.15, -0.1) is 0 Å². The second kappa shape index (κ2) is 10.1. The molecular weight excluding hydrogens is 314 g/mol. The number of hydrogen-bond acceptors (Lipinski definition) is 2. The van der Waals surface area contributed by atoms with Crippen molar-refractivity contribution in [3.8, 4) is 0 Å². The molecule has 0 saturated carbocycles. The molecule has 1 aliphatic heterocycles. The molecule has 0 atom stereocenters. The van der Waals surface area contributed by atoms with Crippen molar-refractivity contribution in [1.29, 1.82) is 0 Å². The van der Waals surface area contributed by atoms with Crippen molar-refractivity contribution in [2.24, 2.45) is 5.92 Å². The molecule has 2 rings (SSSR count). The normalized spacial score (nSPS) is 15.2. The Balaban J connectivity index is 1.65. The molecular formula is C20H31N3O2. The van der Waals surface area contributed by atoms with Gasteiger partial charge in [-0.3, -0.25) is 4.79 Å². The SMILES string of the molecule is CCC(CC)C(=O)N1CCC(NC(=O)NCCc2ccccc2)CC1. The van der Waals surface area contributed by atoms with Crippen LogP contribution in [0, 0.1) is 5.92 Å². The number of carbonyl (C=O) groups excluding carboxylic acids is 2. The summed E-state index contributed by atoms with van der Waals surface area (Å²) in [6.07, 6.45) is 4.29. The first-order valence-corrected chi connectivity index (χ1v) is 9.51. The standard InChI is InChI=1S/C20H31N3O2/c1-3-17(4-2)19(24)23-14-11-18(12-15-23)22-20(25)21-13-10-16-8-6-5-7-9-16/h5-9,17-18H,3-4,10-15H2,1-2H3,(H2,21,22,25). The fourth-order valence-electron chi connectivity index (χ4n) is 3.34. The number of piperidine rings is 1. The zero-order chi connectivity index (χ0) is 18.1. The molecule has 5 heteroatoms. The number of nitrogens with one attached hydrogen (secondary N) is 2. The summed E-state index contributed by atoms with van der Waals surface area (Å²) in [6.45, 7) is 6.25. The summed E-state index contributed by atoms with van der Waals surface area (Å²) in [7, 11) is 0. The van der Waals surface area contributed by atoms with Crippen molar-refractivity contribution in [1.82, 2.24) is 15.5 Å². The molecule has 0 aliphatic carbocycles. The second-order valence-corrected chi connectivity index (χ2v) is 6.75. The molecule has 0 unspecified atom stereocenters. The highest BCUT2D eigenvalue weighted by Crippen LogP contribution is 2.17. The van der Waals surface area contributed by atoms with Crippen LogP contribution < -0.4 is 10.6 Å². The van der Waals surface area contributed by atoms with Gasteiger partial charge < -0.3 is 15.5 Å². The summed E-state index contributed by atoms with van der Waals surface area (Å²) in [4.78, 5) is 26.4. The predicted molar refractivity (Wildman–Crippen MR) is 100 cm³/mol. The van der Waals surface area contributed by atoms with E-state index in [4.69, 9.17) is 0 Å². The minimum Gasteiger partial charge on any atom is -0.342 e. The van der Waals surface area contributed by atoms with E-state index in [1.165, 1.54) is 5.56 Å². The molecule has 138 valence electrons. The maximum atomic E-state index is 12.4. The van der Waals surface area contributed by atoms with Crippen LogP contribution >= 0.6 is 0 Å². The third-order valence-electron chi connectivity index (χ3n) is 5.02. The van der Waals surface area contributed by atoms with Gasteiger partial charge in [0, 0.05) is 31.6 Å². The highest BCUT2D eigenvalue weighted by Gasteiger charge is 2.26. The predicted octanol–water partition coefficient (Wildman–Crippen LogP) is 2.96. The molecule has 1 fully saturated rings. The monoisotopic (exact) mass is 345 g/mol. The summed E-state index contributed by atoms with van der Waals surface area (Å²) in [6, 6.07) is 10.2. The lowest BCUT2D eigenvalue weighted by atomic mass is 9.98. The fraction of sp³-hybridized carbons (Fsp3) is 0.600. The first-order valence-electron chi connectivity index (χ1n) is 9.51. The van der Waals surface area contributed by atoms with Crippen LogP contribution in [0.2, 0.25) is 0 Å². The minimum atomic E-state index is -0.110. The maximum absolute atomic E-state index is 12.4. The molecule has 0 radical (unpaired) electrons. The number of carbonyl (C=O) groups is 2. The summed E-state index contributed by atoms with van der Waals surface area (Å²) in [5.41, 5.74) is 1.22. The molecule has 1 aromatic carbocycles. The van der Waals surface area contributed by atoms with Gasteiger partial charge in [-0.1, -0.05) is 44.2 Å². The van der Waals surface area contributed by atoms with Crippen LogP contribution in [0.1, 0.15) is 45.1 Å². The molecule has 2 N–H and O–H groups in total. The van der Waals surface area contributed by atoms with Crippen molar-refractivity contribution in [3.05, 3.63) is 35.9 Å². The lowest BCUT2D eigenvalue weighted by Crippen LogP contribution is -2.50. The highest BCUT2D eigenvalue weighted by molar-refractivity contribution is 5.79. The molecule has 25 heavy (non-hydrogen) atoms. The second-order valence-electron chi connectivity index (χ2n) is 6.75. The van der Waals surface area contributed by atoms with Crippen LogP contribution in [0.15, 0.2) is 30.3 Å². The average molecular weight is 345 g/mol. The van der Waals surface area contributed by atoms with Gasteiger partial charge in [0.25, 0.3) is 0 Å². The van der Waals surface area contributed by atoms with Gasteiger partial charge in [0.05, 0.1) is 0 Å². The molecule has 1 saturated heterocycles. The van der Waals surface area contributed by atoms with Crippen LogP contribution in [-0.2, 0) is 11.2 Å². The van der Waals surface area contributed by atoms with Crippen molar-refractivity contribution in [3.63, 3.8) is 0 Å². The van der Waals surface area contributed by atoms with Crippen molar-refractivity contribution >= 4 is 11.9 Å². The molecule has 3 amide bonds. The summed E-state index contributed by atoms with van der Waals surface area (Å²) in [5.74, 6) is 0.418. The van der Waals surface area contributed by atoms with E-state index in [0.29, 0.717) is 6.54 Å². The fourth-order valence-corrected chi connectivity index (χ4v) is 3.34. The number of likely N-dealkylation sites (tertiary alicyclic amines) is 1. The number of nitrogens with zero attached hydrogens (tertiary/aromatic N) is 1. The van der Waals surface area contributed by atoms with Crippen molar-refractivity contribution in [2.75, 3.05) is 19.6 Å². The van der Waals surface area contributed by atoms with E-state index >= 15 is 0 Å².